The van der Waals surface area contributed by atoms with E-state index in [0.717, 1.165) is 25.0 Å². The Morgan fingerprint density at radius 2 is 1.08 bits per heavy atom. The Hall–Kier alpha value is 1.83. The third-order valence-corrected chi connectivity index (χ3v) is 3.79. The Morgan fingerprint density at radius 1 is 0.792 bits per heavy atom. The second-order valence-corrected chi connectivity index (χ2v) is 6.60. The molecule has 0 fully saturated rings. The van der Waals surface area contributed by atoms with E-state index in [0.29, 0.717) is 0 Å². The third kappa shape index (κ3) is 31.6. The number of hydrogen-bond donors (Lipinski definition) is 0. The number of hydrogen-bond acceptors (Lipinski definition) is 5. The van der Waals surface area contributed by atoms with Gasteiger partial charge in [-0.15, -0.1) is 0 Å². The Kier molecular flexibility index (Phi) is 31.8. The largest absolute Gasteiger partial charge is 1.00 e. The predicted octanol–water partition coefficient (Wildman–Crippen LogP) is -1.89. The van der Waals surface area contributed by atoms with Crippen molar-refractivity contribution in [1.29, 1.82) is 0 Å². The van der Waals surface area contributed by atoms with Gasteiger partial charge in [0.15, 0.2) is 0 Å². The molecule has 0 saturated heterocycles. The van der Waals surface area contributed by atoms with Gasteiger partial charge in [0.1, 0.15) is 0 Å². The van der Waals surface area contributed by atoms with Crippen LogP contribution in [0.5, 0.6) is 0 Å². The quantitative estimate of drug-likeness (QED) is 0.223. The van der Waals surface area contributed by atoms with E-state index in [9.17, 15) is 0 Å². The molecule has 0 spiro atoms. The molecule has 0 saturated carbocycles. The van der Waals surface area contributed by atoms with E-state index in [1.165, 1.54) is 51.4 Å². The fraction of sp³-hybridized carbons (Fsp3) is 1.00. The molecule has 0 bridgehead atoms. The van der Waals surface area contributed by atoms with E-state index in [2.05, 4.69) is 27.7 Å². The van der Waals surface area contributed by atoms with Gasteiger partial charge in [-0.2, -0.15) is 0 Å². The van der Waals surface area contributed by atoms with Gasteiger partial charge in [0, 0.05) is 23.6 Å². The molecule has 5 nitrogen and oxygen atoms in total. The molecule has 0 amide bonds. The van der Waals surface area contributed by atoms with Crippen LogP contribution >= 0.6 is 0 Å². The molecule has 24 heavy (non-hydrogen) atoms. The Bertz CT molecular complexity index is 302. The molecule has 0 radical (unpaired) electrons. The van der Waals surface area contributed by atoms with Gasteiger partial charge in [-0.3, -0.25) is 8.42 Å². The second kappa shape index (κ2) is 22.9. The maximum atomic E-state index is 8.52. The molecule has 136 valence electrons. The van der Waals surface area contributed by atoms with Crippen LogP contribution in [0.15, 0.2) is 0 Å². The first-order chi connectivity index (χ1) is 10.3. The van der Waals surface area contributed by atoms with Gasteiger partial charge in [-0.1, -0.05) is 66.2 Å². The van der Waals surface area contributed by atoms with Crippen LogP contribution in [0.3, 0.4) is 0 Å². The van der Waals surface area contributed by atoms with Crippen LogP contribution < -0.4 is 59.1 Å². The summed E-state index contributed by atoms with van der Waals surface area (Å²) in [6.07, 6.45) is 10.6. The smallest absolute Gasteiger partial charge is 0.759 e. The van der Waals surface area contributed by atoms with Crippen LogP contribution in [0.25, 0.3) is 0 Å². The zero-order valence-electron chi connectivity index (χ0n) is 16.7. The van der Waals surface area contributed by atoms with Crippen molar-refractivity contribution < 1.29 is 81.4 Å². The minimum Gasteiger partial charge on any atom is -0.759 e. The van der Waals surface area contributed by atoms with Crippen LogP contribution in [0.4, 0.5) is 0 Å². The molecule has 0 N–H and O–H groups in total. The van der Waals surface area contributed by atoms with Crippen molar-refractivity contribution in [3.05, 3.63) is 0 Å². The number of ether oxygens (including phenoxy) is 1. The van der Waals surface area contributed by atoms with E-state index in [1.807, 2.05) is 0 Å². The first kappa shape index (κ1) is 33.4. The Balaban J connectivity index is -0.000000250. The normalized spacial score (nSPS) is 12.9. The molecular weight excluding hydrogens is 350 g/mol. The fourth-order valence-electron chi connectivity index (χ4n) is 2.20. The van der Waals surface area contributed by atoms with Gasteiger partial charge >= 0.3 is 59.1 Å². The minimum absolute atomic E-state index is 0. The molecular formula is C16H34Na2O5S. The molecule has 0 aromatic rings. The van der Waals surface area contributed by atoms with Gasteiger partial charge in [0.05, 0.1) is 0 Å². The average molecular weight is 384 g/mol. The van der Waals surface area contributed by atoms with E-state index in [-0.39, 0.29) is 59.1 Å². The van der Waals surface area contributed by atoms with Gasteiger partial charge in [-0.05, 0) is 24.7 Å². The predicted molar refractivity (Wildman–Crippen MR) is 87.9 cm³/mol. The van der Waals surface area contributed by atoms with Crippen molar-refractivity contribution in [2.75, 3.05) is 13.2 Å². The van der Waals surface area contributed by atoms with E-state index in [1.54, 1.807) is 0 Å². The SMILES string of the molecule is CCCCC(CC)COCC(CC)CCCC.O=S(=O)([O-])[O-].[Na+].[Na+]. The van der Waals surface area contributed by atoms with E-state index < -0.39 is 10.4 Å². The Morgan fingerprint density at radius 3 is 1.29 bits per heavy atom. The van der Waals surface area contributed by atoms with Crippen molar-refractivity contribution in [1.82, 2.24) is 0 Å². The van der Waals surface area contributed by atoms with Crippen molar-refractivity contribution >= 4 is 10.4 Å². The molecule has 0 aromatic carbocycles. The fourth-order valence-corrected chi connectivity index (χ4v) is 2.20. The summed E-state index contributed by atoms with van der Waals surface area (Å²) in [6.45, 7) is 11.1. The first-order valence-electron chi connectivity index (χ1n) is 8.52. The maximum absolute atomic E-state index is 8.52. The van der Waals surface area contributed by atoms with E-state index in [4.69, 9.17) is 22.3 Å². The van der Waals surface area contributed by atoms with Crippen molar-refractivity contribution in [2.45, 2.75) is 79.1 Å². The standard InChI is InChI=1S/C16H34O.2Na.H2O4S/c1-5-9-11-15(7-3)13-17-14-16(8-4)12-10-6-2;;;1-5(2,3)4/h15-16H,5-14H2,1-4H3;;;(H2,1,2,3,4)/q;2*+1;/p-2. The molecule has 0 aliphatic heterocycles. The molecule has 0 rings (SSSR count). The Labute approximate surface area is 194 Å². The summed E-state index contributed by atoms with van der Waals surface area (Å²) in [5.74, 6) is 1.58. The molecule has 2 unspecified atom stereocenters. The summed E-state index contributed by atoms with van der Waals surface area (Å²) in [4.78, 5) is 0. The molecule has 0 heterocycles. The molecule has 8 heteroatoms. The number of unbranched alkanes of at least 4 members (excludes halogenated alkanes) is 2. The molecule has 0 aliphatic carbocycles. The summed E-state index contributed by atoms with van der Waals surface area (Å²) >= 11 is 0. The average Bonchev–Trinajstić information content (AvgIpc) is 2.44. The summed E-state index contributed by atoms with van der Waals surface area (Å²) in [7, 11) is -5.17. The van der Waals surface area contributed by atoms with Crippen molar-refractivity contribution in [3.63, 3.8) is 0 Å². The van der Waals surface area contributed by atoms with Crippen molar-refractivity contribution in [2.24, 2.45) is 11.8 Å². The van der Waals surface area contributed by atoms with Crippen LogP contribution in [0.2, 0.25) is 0 Å². The van der Waals surface area contributed by atoms with Gasteiger partial charge in [0.25, 0.3) is 0 Å². The number of rotatable bonds is 12. The van der Waals surface area contributed by atoms with Gasteiger partial charge in [0.2, 0.25) is 0 Å². The van der Waals surface area contributed by atoms with Crippen LogP contribution in [0.1, 0.15) is 79.1 Å². The molecule has 0 aromatic heterocycles. The topological polar surface area (TPSA) is 89.5 Å². The van der Waals surface area contributed by atoms with Gasteiger partial charge < -0.3 is 13.8 Å². The zero-order chi connectivity index (χ0) is 17.4. The second-order valence-electron chi connectivity index (χ2n) is 5.78. The van der Waals surface area contributed by atoms with E-state index >= 15 is 0 Å². The summed E-state index contributed by atoms with van der Waals surface area (Å²) < 4.78 is 40.0. The summed E-state index contributed by atoms with van der Waals surface area (Å²) in [5.41, 5.74) is 0. The van der Waals surface area contributed by atoms with Gasteiger partial charge in [-0.25, -0.2) is 0 Å². The van der Waals surface area contributed by atoms with Crippen LogP contribution in [-0.2, 0) is 15.1 Å². The maximum Gasteiger partial charge on any atom is 1.00 e. The third-order valence-electron chi connectivity index (χ3n) is 3.79. The molecule has 0 aliphatic rings. The van der Waals surface area contributed by atoms with Crippen molar-refractivity contribution in [3.8, 4) is 0 Å². The van der Waals surface area contributed by atoms with Crippen LogP contribution in [-0.4, -0.2) is 30.7 Å². The van der Waals surface area contributed by atoms with Crippen LogP contribution in [0, 0.1) is 11.8 Å². The summed E-state index contributed by atoms with van der Waals surface area (Å²) in [6, 6.07) is 0. The first-order valence-corrected chi connectivity index (χ1v) is 9.86. The minimum atomic E-state index is -5.17. The summed E-state index contributed by atoms with van der Waals surface area (Å²) in [5, 5.41) is 0. The monoisotopic (exact) mass is 384 g/mol. The molecule has 2 atom stereocenters. The zero-order valence-corrected chi connectivity index (χ0v) is 21.5.